The largest absolute Gasteiger partial charge is 0.445 e. The smallest absolute Gasteiger partial charge is 0.410 e. The van der Waals surface area contributed by atoms with E-state index in [0.717, 1.165) is 5.56 Å². The number of hydrogen-bond donors (Lipinski definition) is 1. The van der Waals surface area contributed by atoms with E-state index < -0.39 is 0 Å². The Labute approximate surface area is 151 Å². The van der Waals surface area contributed by atoms with Crippen molar-refractivity contribution >= 4 is 17.4 Å². The fraction of sp³-hybridized carbons (Fsp3) is 0.444. The minimum atomic E-state index is -0.285. The van der Waals surface area contributed by atoms with Gasteiger partial charge in [-0.2, -0.15) is 0 Å². The number of rotatable bonds is 6. The number of nitrogens with zero attached hydrogens (tertiary/aromatic N) is 2. The van der Waals surface area contributed by atoms with Crippen molar-refractivity contribution in [3.05, 3.63) is 52.5 Å². The van der Waals surface area contributed by atoms with Crippen LogP contribution in [-0.4, -0.2) is 48.3 Å². The van der Waals surface area contributed by atoms with E-state index in [2.05, 4.69) is 17.2 Å². The summed E-state index contributed by atoms with van der Waals surface area (Å²) in [7, 11) is 0. The zero-order chi connectivity index (χ0) is 17.5. The first-order valence-corrected chi connectivity index (χ1v) is 9.29. The molecule has 1 fully saturated rings. The zero-order valence-electron chi connectivity index (χ0n) is 14.3. The van der Waals surface area contributed by atoms with Crippen LogP contribution in [-0.2, 0) is 16.1 Å². The lowest BCUT2D eigenvalue weighted by Gasteiger charge is -2.32. The molecule has 0 bridgehead atoms. The fourth-order valence-corrected chi connectivity index (χ4v) is 3.32. The van der Waals surface area contributed by atoms with Crippen LogP contribution in [0.15, 0.2) is 42.0 Å². The van der Waals surface area contributed by atoms with Gasteiger partial charge in [0.1, 0.15) is 6.61 Å². The maximum Gasteiger partial charge on any atom is 0.410 e. The zero-order valence-corrected chi connectivity index (χ0v) is 15.1. The first-order valence-electron chi connectivity index (χ1n) is 8.41. The van der Waals surface area contributed by atoms with Crippen molar-refractivity contribution in [1.29, 1.82) is 0 Å². The van der Waals surface area contributed by atoms with Gasteiger partial charge in [0.05, 0.1) is 24.8 Å². The lowest BCUT2D eigenvalue weighted by Crippen LogP contribution is -2.49. The molecule has 0 saturated carbocycles. The van der Waals surface area contributed by atoms with Crippen molar-refractivity contribution in [3.8, 4) is 0 Å². The van der Waals surface area contributed by atoms with Crippen LogP contribution in [0.25, 0.3) is 0 Å². The van der Waals surface area contributed by atoms with Crippen LogP contribution in [0.3, 0.4) is 0 Å². The van der Waals surface area contributed by atoms with Gasteiger partial charge in [0.2, 0.25) is 0 Å². The Kier molecular flexibility index (Phi) is 6.38. The third-order valence-electron chi connectivity index (χ3n) is 4.13. The van der Waals surface area contributed by atoms with E-state index in [1.165, 1.54) is 4.88 Å². The number of hydrogen-bond acceptors (Lipinski definition) is 6. The molecule has 1 aromatic carbocycles. The average Bonchev–Trinajstić information content (AvgIpc) is 3.20. The highest BCUT2D eigenvalue weighted by Gasteiger charge is 2.25. The number of carbonyl (C=O) groups excluding carboxylic acids is 1. The number of benzene rings is 1. The number of amides is 1. The molecule has 2 atom stereocenters. The van der Waals surface area contributed by atoms with E-state index in [1.54, 1.807) is 16.2 Å². The molecule has 1 N–H and O–H groups in total. The van der Waals surface area contributed by atoms with E-state index >= 15 is 0 Å². The first kappa shape index (κ1) is 17.8. The van der Waals surface area contributed by atoms with Gasteiger partial charge in [-0.15, -0.1) is 11.3 Å². The van der Waals surface area contributed by atoms with Crippen molar-refractivity contribution in [2.24, 2.45) is 0 Å². The minimum Gasteiger partial charge on any atom is -0.445 e. The maximum absolute atomic E-state index is 12.3. The second-order valence-electron chi connectivity index (χ2n) is 6.01. The highest BCUT2D eigenvalue weighted by atomic mass is 32.1. The van der Waals surface area contributed by atoms with E-state index in [9.17, 15) is 4.79 Å². The average molecular weight is 361 g/mol. The van der Waals surface area contributed by atoms with Crippen LogP contribution in [0.4, 0.5) is 4.79 Å². The van der Waals surface area contributed by atoms with Gasteiger partial charge in [-0.25, -0.2) is 4.79 Å². The molecule has 7 heteroatoms. The summed E-state index contributed by atoms with van der Waals surface area (Å²) in [5, 5.41) is 3.44. The molecule has 0 spiro atoms. The lowest BCUT2D eigenvalue weighted by molar-refractivity contribution is -0.0278. The van der Waals surface area contributed by atoms with Gasteiger partial charge >= 0.3 is 6.09 Å². The molecule has 2 unspecified atom stereocenters. The monoisotopic (exact) mass is 361 g/mol. The van der Waals surface area contributed by atoms with Crippen molar-refractivity contribution < 1.29 is 14.3 Å². The number of thiazole rings is 1. The highest BCUT2D eigenvalue weighted by molar-refractivity contribution is 7.09. The van der Waals surface area contributed by atoms with Crippen molar-refractivity contribution in [2.45, 2.75) is 25.7 Å². The quantitative estimate of drug-likeness (QED) is 0.857. The Morgan fingerprint density at radius 1 is 1.48 bits per heavy atom. The van der Waals surface area contributed by atoms with Crippen LogP contribution in [0.1, 0.15) is 23.4 Å². The molecule has 25 heavy (non-hydrogen) atoms. The number of ether oxygens (including phenoxy) is 2. The number of aromatic nitrogens is 1. The van der Waals surface area contributed by atoms with Crippen LogP contribution < -0.4 is 5.32 Å². The maximum atomic E-state index is 12.3. The fourth-order valence-electron chi connectivity index (χ4n) is 2.67. The normalized spacial score (nSPS) is 18.8. The predicted octanol–water partition coefficient (Wildman–Crippen LogP) is 2.83. The van der Waals surface area contributed by atoms with E-state index in [-0.39, 0.29) is 18.2 Å². The molecule has 1 aliphatic heterocycles. The summed E-state index contributed by atoms with van der Waals surface area (Å²) in [6.45, 7) is 4.71. The van der Waals surface area contributed by atoms with E-state index in [0.29, 0.717) is 32.8 Å². The molecule has 1 aromatic heterocycles. The van der Waals surface area contributed by atoms with Gasteiger partial charge in [-0.05, 0) is 12.5 Å². The third-order valence-corrected chi connectivity index (χ3v) is 5.09. The van der Waals surface area contributed by atoms with Crippen LogP contribution >= 0.6 is 11.3 Å². The topological polar surface area (TPSA) is 63.7 Å². The summed E-state index contributed by atoms with van der Waals surface area (Å²) in [6, 6.07) is 9.92. The molecule has 1 saturated heterocycles. The summed E-state index contributed by atoms with van der Waals surface area (Å²) in [5.74, 6) is 0. The summed E-state index contributed by atoms with van der Waals surface area (Å²) >= 11 is 1.63. The Morgan fingerprint density at radius 2 is 2.32 bits per heavy atom. The van der Waals surface area contributed by atoms with Crippen LogP contribution in [0.2, 0.25) is 0 Å². The van der Waals surface area contributed by atoms with Gasteiger partial charge in [0, 0.05) is 30.2 Å². The molecule has 134 valence electrons. The molecule has 1 amide bonds. The predicted molar refractivity (Wildman–Crippen MR) is 96.5 cm³/mol. The number of nitrogens with one attached hydrogen (secondary N) is 1. The third kappa shape index (κ3) is 5.26. The summed E-state index contributed by atoms with van der Waals surface area (Å²) in [6.07, 6.45) is 1.55. The first-order chi connectivity index (χ1) is 12.2. The van der Waals surface area contributed by atoms with Crippen molar-refractivity contribution in [2.75, 3.05) is 26.2 Å². The summed E-state index contributed by atoms with van der Waals surface area (Å²) in [4.78, 5) is 19.3. The second-order valence-corrected chi connectivity index (χ2v) is 6.93. The molecule has 6 nitrogen and oxygen atoms in total. The van der Waals surface area contributed by atoms with Gasteiger partial charge in [0.25, 0.3) is 0 Å². The lowest BCUT2D eigenvalue weighted by atomic mass is 10.2. The van der Waals surface area contributed by atoms with Gasteiger partial charge in [-0.3, -0.25) is 4.98 Å². The standard InChI is InChI=1S/C18H23N3O3S/c1-14(17-10-19-13-25-17)20-9-16-11-21(7-8-23-16)18(22)24-12-15-5-3-2-4-6-15/h2-6,10,13-14,16,20H,7-9,11-12H2,1H3. The molecular weight excluding hydrogens is 338 g/mol. The highest BCUT2D eigenvalue weighted by Crippen LogP contribution is 2.16. The molecule has 1 aliphatic rings. The summed E-state index contributed by atoms with van der Waals surface area (Å²) < 4.78 is 11.2. The van der Waals surface area contributed by atoms with E-state index in [4.69, 9.17) is 9.47 Å². The number of carbonyl (C=O) groups is 1. The van der Waals surface area contributed by atoms with Gasteiger partial charge in [0.15, 0.2) is 0 Å². The minimum absolute atomic E-state index is 0.0339. The van der Waals surface area contributed by atoms with E-state index in [1.807, 2.05) is 42.0 Å². The molecule has 0 aliphatic carbocycles. The molecule has 3 rings (SSSR count). The SMILES string of the molecule is CC(NCC1CN(C(=O)OCc2ccccc2)CCO1)c1cncs1. The molecule has 2 aromatic rings. The van der Waals surface area contributed by atoms with Crippen LogP contribution in [0, 0.1) is 0 Å². The molecule has 0 radical (unpaired) electrons. The Hall–Kier alpha value is -1.96. The number of morpholine rings is 1. The van der Waals surface area contributed by atoms with Crippen molar-refractivity contribution in [1.82, 2.24) is 15.2 Å². The molecule has 2 heterocycles. The Balaban J connectivity index is 1.43. The molecular formula is C18H23N3O3S. The van der Waals surface area contributed by atoms with Crippen LogP contribution in [0.5, 0.6) is 0 Å². The summed E-state index contributed by atoms with van der Waals surface area (Å²) in [5.41, 5.74) is 2.82. The second kappa shape index (κ2) is 8.94. The Morgan fingerprint density at radius 3 is 3.08 bits per heavy atom. The van der Waals surface area contributed by atoms with Gasteiger partial charge in [-0.1, -0.05) is 30.3 Å². The van der Waals surface area contributed by atoms with Crippen molar-refractivity contribution in [3.63, 3.8) is 0 Å². The Bertz CT molecular complexity index is 651. The van der Waals surface area contributed by atoms with Gasteiger partial charge < -0.3 is 19.7 Å².